The summed E-state index contributed by atoms with van der Waals surface area (Å²) in [6.45, 7) is 16.0. The maximum absolute atomic E-state index is 11.6. The number of fused-ring (bicyclic) bond motifs is 1. The highest BCUT2D eigenvalue weighted by Gasteiger charge is 2.25. The normalized spacial score (nSPS) is 18.1. The summed E-state index contributed by atoms with van der Waals surface area (Å²) in [6.07, 6.45) is 5.74. The van der Waals surface area contributed by atoms with E-state index in [0.29, 0.717) is 35.5 Å². The van der Waals surface area contributed by atoms with Crippen molar-refractivity contribution >= 4 is 23.6 Å². The van der Waals surface area contributed by atoms with Gasteiger partial charge in [-0.05, 0) is 67.5 Å². The van der Waals surface area contributed by atoms with Crippen LogP contribution in [0.15, 0.2) is 78.4 Å². The zero-order chi connectivity index (χ0) is 30.1. The molecule has 1 atom stereocenters. The van der Waals surface area contributed by atoms with E-state index in [-0.39, 0.29) is 18.1 Å². The van der Waals surface area contributed by atoms with Crippen LogP contribution in [0.1, 0.15) is 49.1 Å². The average molecular weight is 573 g/mol. The van der Waals surface area contributed by atoms with Crippen LogP contribution >= 0.6 is 0 Å². The Balaban J connectivity index is 1.52. The number of nitrogens with zero attached hydrogens (tertiary/aromatic N) is 2. The highest BCUT2D eigenvalue weighted by molar-refractivity contribution is 6.08. The van der Waals surface area contributed by atoms with Gasteiger partial charge in [0.1, 0.15) is 23.8 Å². The van der Waals surface area contributed by atoms with Gasteiger partial charge in [0.05, 0.1) is 18.9 Å². The molecule has 0 spiro atoms. The zero-order valence-electron chi connectivity index (χ0n) is 24.4. The van der Waals surface area contributed by atoms with Crippen LogP contribution < -0.4 is 5.32 Å². The van der Waals surface area contributed by atoms with Gasteiger partial charge in [-0.25, -0.2) is 9.78 Å². The van der Waals surface area contributed by atoms with E-state index in [4.69, 9.17) is 19.6 Å². The van der Waals surface area contributed by atoms with Crippen molar-refractivity contribution in [1.82, 2.24) is 9.88 Å². The Morgan fingerprint density at radius 2 is 2.12 bits per heavy atom. The van der Waals surface area contributed by atoms with Crippen molar-refractivity contribution in [3.63, 3.8) is 0 Å². The molecule has 0 bridgehead atoms. The molecule has 1 aromatic heterocycles. The minimum Gasteiger partial charge on any atom is -0.488 e. The average Bonchev–Trinajstić information content (AvgIpc) is 2.99. The number of aliphatic carboxylic acids is 1. The SMILES string of the molecule is C=C/C(=C(/OCc1ccc2c(c1)CCN(C1CCCOC1)C2)C(=C)C)c1cccc(N/C(OCC)=C(\C=N)C(=O)O)n1. The lowest BCUT2D eigenvalue weighted by Gasteiger charge is -2.37. The summed E-state index contributed by atoms with van der Waals surface area (Å²) in [7, 11) is 0. The summed E-state index contributed by atoms with van der Waals surface area (Å²) < 4.78 is 17.5. The lowest BCUT2D eigenvalue weighted by Crippen LogP contribution is -2.43. The molecule has 9 nitrogen and oxygen atoms in total. The first-order chi connectivity index (χ1) is 20.3. The van der Waals surface area contributed by atoms with E-state index < -0.39 is 5.97 Å². The van der Waals surface area contributed by atoms with Crippen LogP contribution in [0.5, 0.6) is 0 Å². The van der Waals surface area contributed by atoms with Crippen molar-refractivity contribution in [3.8, 4) is 0 Å². The summed E-state index contributed by atoms with van der Waals surface area (Å²) >= 11 is 0. The van der Waals surface area contributed by atoms with Crippen LogP contribution in [-0.2, 0) is 38.6 Å². The molecule has 1 aromatic carbocycles. The summed E-state index contributed by atoms with van der Waals surface area (Å²) in [6, 6.07) is 12.4. The summed E-state index contributed by atoms with van der Waals surface area (Å²) in [5, 5.41) is 19.8. The highest BCUT2D eigenvalue weighted by Crippen LogP contribution is 2.28. The Morgan fingerprint density at radius 3 is 2.79 bits per heavy atom. The van der Waals surface area contributed by atoms with E-state index in [9.17, 15) is 9.90 Å². The Bertz CT molecular complexity index is 1390. The van der Waals surface area contributed by atoms with Crippen molar-refractivity contribution in [2.75, 3.05) is 31.7 Å². The van der Waals surface area contributed by atoms with Crippen LogP contribution in [0.3, 0.4) is 0 Å². The Kier molecular flexibility index (Phi) is 10.7. The van der Waals surface area contributed by atoms with Crippen LogP contribution in [0.4, 0.5) is 5.82 Å². The number of hydrogen-bond acceptors (Lipinski definition) is 8. The van der Waals surface area contributed by atoms with Crippen LogP contribution in [0.2, 0.25) is 0 Å². The van der Waals surface area contributed by atoms with E-state index in [1.165, 1.54) is 17.5 Å². The Hall–Kier alpha value is -4.21. The third-order valence-electron chi connectivity index (χ3n) is 7.36. The second-order valence-corrected chi connectivity index (χ2v) is 10.4. The fraction of sp³-hybridized carbons (Fsp3) is 0.364. The van der Waals surface area contributed by atoms with Crippen molar-refractivity contribution in [1.29, 1.82) is 5.41 Å². The number of aromatic nitrogens is 1. The smallest absolute Gasteiger partial charge is 0.342 e. The van der Waals surface area contributed by atoms with Crippen molar-refractivity contribution in [2.45, 2.75) is 52.3 Å². The number of nitrogens with one attached hydrogen (secondary N) is 2. The lowest BCUT2D eigenvalue weighted by atomic mass is 9.95. The number of carboxylic acid groups (broad SMARTS) is 1. The highest BCUT2D eigenvalue weighted by atomic mass is 16.5. The third kappa shape index (κ3) is 7.54. The molecular formula is C33H40N4O5. The molecule has 0 amide bonds. The minimum atomic E-state index is -1.28. The maximum Gasteiger partial charge on any atom is 0.342 e. The molecule has 222 valence electrons. The second-order valence-electron chi connectivity index (χ2n) is 10.4. The van der Waals surface area contributed by atoms with E-state index in [0.717, 1.165) is 56.5 Å². The molecule has 1 saturated heterocycles. The Morgan fingerprint density at radius 1 is 1.29 bits per heavy atom. The van der Waals surface area contributed by atoms with E-state index in [1.807, 2.05) is 13.0 Å². The predicted molar refractivity (Wildman–Crippen MR) is 164 cm³/mol. The molecule has 1 unspecified atom stereocenters. The molecule has 0 saturated carbocycles. The maximum atomic E-state index is 11.6. The summed E-state index contributed by atoms with van der Waals surface area (Å²) in [5.74, 6) is -0.421. The molecule has 2 aromatic rings. The molecule has 2 aliphatic heterocycles. The number of carboxylic acids is 1. The van der Waals surface area contributed by atoms with Crippen molar-refractivity contribution in [3.05, 3.63) is 101 Å². The summed E-state index contributed by atoms with van der Waals surface area (Å²) in [4.78, 5) is 18.8. The van der Waals surface area contributed by atoms with Crippen LogP contribution in [0, 0.1) is 5.41 Å². The van der Waals surface area contributed by atoms with E-state index in [2.05, 4.69) is 46.6 Å². The van der Waals surface area contributed by atoms with Gasteiger partial charge in [-0.1, -0.05) is 43.5 Å². The first-order valence-electron chi connectivity index (χ1n) is 14.3. The van der Waals surface area contributed by atoms with Gasteiger partial charge < -0.3 is 30.0 Å². The van der Waals surface area contributed by atoms with Gasteiger partial charge >= 0.3 is 5.97 Å². The van der Waals surface area contributed by atoms with Gasteiger partial charge in [0, 0.05) is 37.5 Å². The number of anilines is 1. The second kappa shape index (κ2) is 14.6. The zero-order valence-corrected chi connectivity index (χ0v) is 24.4. The number of allylic oxidation sites excluding steroid dienone is 3. The lowest BCUT2D eigenvalue weighted by molar-refractivity contribution is -0.132. The van der Waals surface area contributed by atoms with Gasteiger partial charge in [0.25, 0.3) is 0 Å². The molecule has 42 heavy (non-hydrogen) atoms. The molecule has 0 radical (unpaired) electrons. The first-order valence-corrected chi connectivity index (χ1v) is 14.3. The van der Waals surface area contributed by atoms with Gasteiger partial charge in [0.15, 0.2) is 0 Å². The molecule has 0 aliphatic carbocycles. The van der Waals surface area contributed by atoms with Crippen LogP contribution in [-0.4, -0.2) is 59.6 Å². The topological polar surface area (TPSA) is 117 Å². The fourth-order valence-electron chi connectivity index (χ4n) is 5.26. The number of benzene rings is 1. The third-order valence-corrected chi connectivity index (χ3v) is 7.36. The van der Waals surface area contributed by atoms with Gasteiger partial charge in [-0.15, -0.1) is 0 Å². The minimum absolute atomic E-state index is 0.0623. The number of pyridine rings is 1. The Labute approximate surface area is 247 Å². The largest absolute Gasteiger partial charge is 0.488 e. The van der Waals surface area contributed by atoms with Crippen molar-refractivity contribution < 1.29 is 24.1 Å². The molecule has 3 heterocycles. The van der Waals surface area contributed by atoms with Crippen LogP contribution in [0.25, 0.3) is 5.57 Å². The monoisotopic (exact) mass is 572 g/mol. The van der Waals surface area contributed by atoms with Gasteiger partial charge in [-0.2, -0.15) is 0 Å². The first kappa shape index (κ1) is 30.7. The summed E-state index contributed by atoms with van der Waals surface area (Å²) in [5.41, 5.74) is 5.43. The number of rotatable bonds is 13. The molecular weight excluding hydrogens is 532 g/mol. The molecule has 2 aliphatic rings. The molecule has 9 heteroatoms. The quantitative estimate of drug-likeness (QED) is 0.121. The predicted octanol–water partition coefficient (Wildman–Crippen LogP) is 5.70. The number of ether oxygens (including phenoxy) is 3. The molecule has 1 fully saturated rings. The standard InChI is InChI=1S/C33H40N4O5/c1-5-27(29-10-7-11-30(35-29)36-32(41-6-2)28(18-34)33(38)39)31(22(3)4)42-20-23-12-13-25-19-37(15-14-24(25)17-23)26-9-8-16-40-21-26/h5,7,10-13,17-18,26,34H,1,3,6,8-9,14-16,19-21H2,2,4H3,(H,35,36)(H,38,39)/b31-27-,32-28-,34-18?. The molecule has 4 rings (SSSR count). The number of hydrogen-bond donors (Lipinski definition) is 3. The van der Waals surface area contributed by atoms with E-state index in [1.54, 1.807) is 25.1 Å². The molecule has 3 N–H and O–H groups in total. The number of carbonyl (C=O) groups is 1. The fourth-order valence-corrected chi connectivity index (χ4v) is 5.26. The van der Waals surface area contributed by atoms with Gasteiger partial charge in [0.2, 0.25) is 5.88 Å². The van der Waals surface area contributed by atoms with E-state index >= 15 is 0 Å². The van der Waals surface area contributed by atoms with Crippen molar-refractivity contribution in [2.24, 2.45) is 0 Å². The van der Waals surface area contributed by atoms with Gasteiger partial charge in [-0.3, -0.25) is 4.90 Å².